The van der Waals surface area contributed by atoms with Crippen molar-refractivity contribution in [2.45, 2.75) is 77.9 Å². The summed E-state index contributed by atoms with van der Waals surface area (Å²) in [6, 6.07) is 22.4. The maximum Gasteiger partial charge on any atom is 0.321 e. The monoisotopic (exact) mass is 540 g/mol. The van der Waals surface area contributed by atoms with Gasteiger partial charge in [0.15, 0.2) is 0 Å². The molecule has 4 atom stereocenters. The van der Waals surface area contributed by atoms with Gasteiger partial charge in [-0.1, -0.05) is 60.7 Å². The number of nitrogens with one attached hydrogen (secondary N) is 2. The molecule has 5 rings (SSSR count). The van der Waals surface area contributed by atoms with Gasteiger partial charge in [0.05, 0.1) is 12.1 Å². The van der Waals surface area contributed by atoms with Crippen molar-refractivity contribution in [3.8, 4) is 0 Å². The third kappa shape index (κ3) is 5.86. The van der Waals surface area contributed by atoms with Crippen LogP contribution in [0.25, 0.3) is 0 Å². The van der Waals surface area contributed by atoms with Crippen molar-refractivity contribution in [2.75, 3.05) is 0 Å². The fourth-order valence-electron chi connectivity index (χ4n) is 6.10. The Kier molecular flexibility index (Phi) is 8.14. The van der Waals surface area contributed by atoms with Crippen LogP contribution in [0.5, 0.6) is 0 Å². The zero-order chi connectivity index (χ0) is 28.4. The SMILES string of the molecule is Cc1cc(C[C@@H]2[C@H](O)[C@@H](O)[C@@H](Cc3cc(C)[nH]c3C)N(Cc3ccccc3)C(=O)N2Cc2ccccc2)c(C)[nH]1. The average Bonchev–Trinajstić information content (AvgIpc) is 3.43. The molecule has 0 bridgehead atoms. The van der Waals surface area contributed by atoms with Crippen LogP contribution in [0.2, 0.25) is 0 Å². The van der Waals surface area contributed by atoms with Crippen LogP contribution >= 0.6 is 0 Å². The van der Waals surface area contributed by atoms with Crippen LogP contribution in [0.3, 0.4) is 0 Å². The zero-order valence-electron chi connectivity index (χ0n) is 23.8. The van der Waals surface area contributed by atoms with E-state index in [1.807, 2.05) is 88.4 Å². The Morgan fingerprint density at radius 3 is 1.35 bits per heavy atom. The van der Waals surface area contributed by atoms with E-state index in [1.165, 1.54) is 0 Å². The third-order valence-corrected chi connectivity index (χ3v) is 8.19. The second-order valence-corrected chi connectivity index (χ2v) is 11.2. The summed E-state index contributed by atoms with van der Waals surface area (Å²) >= 11 is 0. The van der Waals surface area contributed by atoms with Gasteiger partial charge in [0.2, 0.25) is 0 Å². The number of carbonyl (C=O) groups excluding carboxylic acids is 1. The Balaban J connectivity index is 1.59. The van der Waals surface area contributed by atoms with Crippen molar-refractivity contribution in [3.05, 3.63) is 118 Å². The Labute approximate surface area is 236 Å². The molecule has 4 N–H and O–H groups in total. The van der Waals surface area contributed by atoms with E-state index in [2.05, 4.69) is 22.1 Å². The molecule has 1 aliphatic rings. The van der Waals surface area contributed by atoms with Gasteiger partial charge in [0.1, 0.15) is 12.2 Å². The predicted octanol–water partition coefficient (Wildman–Crippen LogP) is 4.96. The lowest BCUT2D eigenvalue weighted by molar-refractivity contribution is -0.0408. The number of aryl methyl sites for hydroxylation is 4. The summed E-state index contributed by atoms with van der Waals surface area (Å²) in [6.45, 7) is 8.67. The molecule has 2 amide bonds. The second-order valence-electron chi connectivity index (χ2n) is 11.2. The standard InChI is InChI=1S/C33H40N4O3/c1-21-15-27(23(3)34-21)17-29-31(38)32(39)30(18-28-16-22(2)35-24(28)4)37(20-26-13-9-6-10-14-26)33(40)36(29)19-25-11-7-5-8-12-25/h5-16,29-32,34-35,38-39H,17-20H2,1-4H3/t29-,30-,31+,32+/m1/s1. The molecule has 3 heterocycles. The first kappa shape index (κ1) is 27.7. The smallest absolute Gasteiger partial charge is 0.321 e. The van der Waals surface area contributed by atoms with E-state index < -0.39 is 24.3 Å². The van der Waals surface area contributed by atoms with Crippen LogP contribution in [0, 0.1) is 27.7 Å². The molecule has 1 fully saturated rings. The van der Waals surface area contributed by atoms with Gasteiger partial charge in [-0.15, -0.1) is 0 Å². The van der Waals surface area contributed by atoms with Crippen molar-refractivity contribution >= 4 is 6.03 Å². The summed E-state index contributed by atoms with van der Waals surface area (Å²) in [6.07, 6.45) is -1.43. The first-order valence-corrected chi connectivity index (χ1v) is 14.0. The number of hydrogen-bond donors (Lipinski definition) is 4. The topological polar surface area (TPSA) is 95.6 Å². The molecule has 1 aliphatic heterocycles. The van der Waals surface area contributed by atoms with Crippen molar-refractivity contribution in [1.29, 1.82) is 0 Å². The number of aromatic amines is 2. The molecule has 4 aromatic rings. The highest BCUT2D eigenvalue weighted by Gasteiger charge is 2.46. The molecule has 0 aliphatic carbocycles. The molecule has 1 saturated heterocycles. The molecule has 0 radical (unpaired) electrons. The minimum Gasteiger partial charge on any atom is -0.388 e. The van der Waals surface area contributed by atoms with E-state index in [0.717, 1.165) is 45.0 Å². The molecule has 0 spiro atoms. The second kappa shape index (κ2) is 11.7. The average molecular weight is 541 g/mol. The number of aliphatic hydroxyl groups excluding tert-OH is 2. The molecule has 210 valence electrons. The van der Waals surface area contributed by atoms with Crippen LogP contribution in [-0.4, -0.2) is 60.3 Å². The van der Waals surface area contributed by atoms with Gasteiger partial charge in [0, 0.05) is 35.9 Å². The van der Waals surface area contributed by atoms with Crippen molar-refractivity contribution in [2.24, 2.45) is 0 Å². The Hall–Kier alpha value is -3.81. The lowest BCUT2D eigenvalue weighted by atomic mass is 9.90. The van der Waals surface area contributed by atoms with Gasteiger partial charge in [-0.25, -0.2) is 4.79 Å². The van der Waals surface area contributed by atoms with Gasteiger partial charge < -0.3 is 30.0 Å². The van der Waals surface area contributed by atoms with Crippen LogP contribution in [0.4, 0.5) is 4.79 Å². The molecule has 40 heavy (non-hydrogen) atoms. The third-order valence-electron chi connectivity index (χ3n) is 8.19. The Morgan fingerprint density at radius 1 is 0.650 bits per heavy atom. The van der Waals surface area contributed by atoms with Crippen LogP contribution < -0.4 is 0 Å². The number of amides is 2. The van der Waals surface area contributed by atoms with Crippen LogP contribution in [0.1, 0.15) is 45.0 Å². The number of benzene rings is 2. The van der Waals surface area contributed by atoms with Gasteiger partial charge in [-0.05, 0) is 74.9 Å². The number of nitrogens with zero attached hydrogens (tertiary/aromatic N) is 2. The minimum absolute atomic E-state index is 0.187. The summed E-state index contributed by atoms with van der Waals surface area (Å²) in [5, 5.41) is 23.7. The van der Waals surface area contributed by atoms with Crippen molar-refractivity contribution in [3.63, 3.8) is 0 Å². The van der Waals surface area contributed by atoms with Gasteiger partial charge >= 0.3 is 6.03 Å². The molecular formula is C33H40N4O3. The number of urea groups is 1. The fraction of sp³-hybridized carbons (Fsp3) is 0.364. The number of aromatic nitrogens is 2. The summed E-state index contributed by atoms with van der Waals surface area (Å²) in [5.74, 6) is 0. The Morgan fingerprint density at radius 2 is 1.02 bits per heavy atom. The maximum absolute atomic E-state index is 14.6. The predicted molar refractivity (Wildman–Crippen MR) is 157 cm³/mol. The van der Waals surface area contributed by atoms with Gasteiger partial charge in [0.25, 0.3) is 0 Å². The first-order valence-electron chi connectivity index (χ1n) is 14.0. The molecule has 7 nitrogen and oxygen atoms in total. The summed E-state index contributed by atoms with van der Waals surface area (Å²) in [5.41, 5.74) is 8.07. The molecule has 2 aromatic heterocycles. The highest BCUT2D eigenvalue weighted by atomic mass is 16.3. The van der Waals surface area contributed by atoms with E-state index in [0.29, 0.717) is 25.9 Å². The van der Waals surface area contributed by atoms with Crippen LogP contribution in [-0.2, 0) is 25.9 Å². The van der Waals surface area contributed by atoms with Gasteiger partial charge in [-0.3, -0.25) is 0 Å². The number of hydrogen-bond acceptors (Lipinski definition) is 3. The fourth-order valence-corrected chi connectivity index (χ4v) is 6.10. The number of H-pyrrole nitrogens is 2. The molecular weight excluding hydrogens is 500 g/mol. The van der Waals surface area contributed by atoms with E-state index >= 15 is 0 Å². The molecule has 7 heteroatoms. The highest BCUT2D eigenvalue weighted by molar-refractivity contribution is 5.76. The quantitative estimate of drug-likeness (QED) is 0.254. The summed E-state index contributed by atoms with van der Waals surface area (Å²) < 4.78 is 0. The molecule has 0 unspecified atom stereocenters. The number of rotatable bonds is 8. The lowest BCUT2D eigenvalue weighted by Gasteiger charge is -2.35. The van der Waals surface area contributed by atoms with E-state index in [1.54, 1.807) is 9.80 Å². The first-order chi connectivity index (χ1) is 19.2. The molecule has 0 saturated carbocycles. The summed E-state index contributed by atoms with van der Waals surface area (Å²) in [4.78, 5) is 24.9. The lowest BCUT2D eigenvalue weighted by Crippen LogP contribution is -2.50. The van der Waals surface area contributed by atoms with E-state index in [-0.39, 0.29) is 6.03 Å². The number of carbonyl (C=O) groups is 1. The largest absolute Gasteiger partial charge is 0.388 e. The zero-order valence-corrected chi connectivity index (χ0v) is 23.8. The normalized spacial score (nSPS) is 21.6. The summed E-state index contributed by atoms with van der Waals surface area (Å²) in [7, 11) is 0. The van der Waals surface area contributed by atoms with Crippen molar-refractivity contribution < 1.29 is 15.0 Å². The maximum atomic E-state index is 14.6. The van der Waals surface area contributed by atoms with Gasteiger partial charge in [-0.2, -0.15) is 0 Å². The number of aliphatic hydroxyl groups is 2. The highest BCUT2D eigenvalue weighted by Crippen LogP contribution is 2.31. The Bertz CT molecular complexity index is 1320. The van der Waals surface area contributed by atoms with Crippen molar-refractivity contribution in [1.82, 2.24) is 19.8 Å². The minimum atomic E-state index is -1.15. The molecule has 2 aromatic carbocycles. The van der Waals surface area contributed by atoms with Crippen LogP contribution in [0.15, 0.2) is 72.8 Å². The van der Waals surface area contributed by atoms with E-state index in [4.69, 9.17) is 0 Å². The van der Waals surface area contributed by atoms with E-state index in [9.17, 15) is 15.0 Å².